The summed E-state index contributed by atoms with van der Waals surface area (Å²) in [5.41, 5.74) is -0.542. The van der Waals surface area contributed by atoms with Crippen molar-refractivity contribution in [3.63, 3.8) is 0 Å². The van der Waals surface area contributed by atoms with E-state index in [1.807, 2.05) is 32.9 Å². The molecule has 1 aromatic heterocycles. The highest BCUT2D eigenvalue weighted by molar-refractivity contribution is 9.10. The zero-order chi connectivity index (χ0) is 20.9. The van der Waals surface area contributed by atoms with Gasteiger partial charge in [0.15, 0.2) is 8.32 Å². The van der Waals surface area contributed by atoms with Crippen molar-refractivity contribution in [2.24, 2.45) is 0 Å². The molecular weight excluding hydrogens is 428 g/mol. The second-order valence-corrected chi connectivity index (χ2v) is 14.6. The first-order chi connectivity index (χ1) is 12.2. The Morgan fingerprint density at radius 2 is 1.85 bits per heavy atom. The number of nitrogens with one attached hydrogen (secondary N) is 1. The number of halogens is 1. The number of nitrogens with zero attached hydrogens (tertiary/aromatic N) is 1. The van der Waals surface area contributed by atoms with Crippen molar-refractivity contribution in [2.75, 3.05) is 13.2 Å². The lowest BCUT2D eigenvalue weighted by Gasteiger charge is -2.39. The van der Waals surface area contributed by atoms with Gasteiger partial charge in [-0.05, 0) is 67.0 Å². The Balaban J connectivity index is 2.76. The lowest BCUT2D eigenvalue weighted by molar-refractivity contribution is 0.0472. The van der Waals surface area contributed by atoms with Gasteiger partial charge < -0.3 is 19.2 Å². The minimum atomic E-state index is -2.03. The van der Waals surface area contributed by atoms with E-state index >= 15 is 0 Å². The van der Waals surface area contributed by atoms with Gasteiger partial charge >= 0.3 is 6.09 Å². The number of alkyl carbamates (subject to hydrolysis) is 1. The van der Waals surface area contributed by atoms with Gasteiger partial charge in [-0.2, -0.15) is 0 Å². The highest BCUT2D eigenvalue weighted by atomic mass is 79.9. The lowest BCUT2D eigenvalue weighted by Crippen LogP contribution is -2.49. The van der Waals surface area contributed by atoms with E-state index < -0.39 is 20.0 Å². The minimum Gasteiger partial charge on any atom is -0.489 e. The van der Waals surface area contributed by atoms with E-state index in [9.17, 15) is 4.79 Å². The number of amides is 1. The second kappa shape index (κ2) is 9.38. The molecule has 1 heterocycles. The summed E-state index contributed by atoms with van der Waals surface area (Å²) in [5.74, 6) is 0.652. The van der Waals surface area contributed by atoms with Crippen LogP contribution >= 0.6 is 15.9 Å². The smallest absolute Gasteiger partial charge is 0.407 e. The van der Waals surface area contributed by atoms with E-state index in [2.05, 4.69) is 60.1 Å². The molecule has 0 radical (unpaired) electrons. The predicted octanol–water partition coefficient (Wildman–Crippen LogP) is 5.14. The minimum absolute atomic E-state index is 0.0519. The van der Waals surface area contributed by atoms with Crippen molar-refractivity contribution >= 4 is 30.3 Å². The summed E-state index contributed by atoms with van der Waals surface area (Å²) in [6.45, 7) is 17.0. The summed E-state index contributed by atoms with van der Waals surface area (Å²) in [6, 6.07) is 3.65. The van der Waals surface area contributed by atoms with Crippen LogP contribution < -0.4 is 10.1 Å². The van der Waals surface area contributed by atoms with E-state index in [1.165, 1.54) is 0 Å². The number of rotatable bonds is 7. The number of hydrogen-bond donors (Lipinski definition) is 1. The molecule has 0 aliphatic heterocycles. The Morgan fingerprint density at radius 3 is 2.33 bits per heavy atom. The van der Waals surface area contributed by atoms with Crippen LogP contribution in [-0.4, -0.2) is 44.3 Å². The molecule has 0 aromatic carbocycles. The van der Waals surface area contributed by atoms with E-state index in [0.29, 0.717) is 18.9 Å². The van der Waals surface area contributed by atoms with E-state index in [0.717, 1.165) is 4.60 Å². The van der Waals surface area contributed by atoms with Crippen molar-refractivity contribution in [3.8, 4) is 5.75 Å². The summed E-state index contributed by atoms with van der Waals surface area (Å²) in [4.78, 5) is 16.2. The van der Waals surface area contributed by atoms with Gasteiger partial charge in [0, 0.05) is 6.54 Å². The number of carbonyl (C=O) groups excluding carboxylic acids is 1. The van der Waals surface area contributed by atoms with E-state index in [1.54, 1.807) is 6.20 Å². The lowest BCUT2D eigenvalue weighted by atomic mass is 10.2. The first kappa shape index (κ1) is 23.9. The van der Waals surface area contributed by atoms with Gasteiger partial charge in [0.1, 0.15) is 22.6 Å². The summed E-state index contributed by atoms with van der Waals surface area (Å²) >= 11 is 3.30. The Bertz CT molecular complexity index is 610. The third-order valence-electron chi connectivity index (χ3n) is 4.28. The molecule has 0 spiro atoms. The maximum Gasteiger partial charge on any atom is 0.407 e. The first-order valence-corrected chi connectivity index (χ1v) is 12.8. The number of aromatic nitrogens is 1. The maximum atomic E-state index is 12.0. The van der Waals surface area contributed by atoms with Crippen LogP contribution in [0.2, 0.25) is 18.1 Å². The molecule has 0 saturated heterocycles. The van der Waals surface area contributed by atoms with Gasteiger partial charge in [-0.1, -0.05) is 20.8 Å². The van der Waals surface area contributed by atoms with Crippen LogP contribution in [0, 0.1) is 0 Å². The quantitative estimate of drug-likeness (QED) is 0.450. The Labute approximate surface area is 172 Å². The van der Waals surface area contributed by atoms with Crippen LogP contribution in [0.4, 0.5) is 4.79 Å². The highest BCUT2D eigenvalue weighted by Gasteiger charge is 2.39. The fourth-order valence-corrected chi connectivity index (χ4v) is 3.45. The fourth-order valence-electron chi connectivity index (χ4n) is 1.88. The van der Waals surface area contributed by atoms with Gasteiger partial charge in [0.2, 0.25) is 0 Å². The summed E-state index contributed by atoms with van der Waals surface area (Å²) in [6.07, 6.45) is 0.896. The molecule has 0 fully saturated rings. The third-order valence-corrected chi connectivity index (χ3v) is 9.28. The summed E-state index contributed by atoms with van der Waals surface area (Å²) in [7, 11) is -2.03. The molecule has 6 nitrogen and oxygen atoms in total. The van der Waals surface area contributed by atoms with Crippen LogP contribution in [0.3, 0.4) is 0 Å². The molecule has 0 bridgehead atoms. The molecule has 1 rings (SSSR count). The van der Waals surface area contributed by atoms with Gasteiger partial charge in [0.25, 0.3) is 0 Å². The molecule has 154 valence electrons. The summed E-state index contributed by atoms with van der Waals surface area (Å²) in [5, 5.41) is 2.84. The van der Waals surface area contributed by atoms with Crippen molar-refractivity contribution < 1.29 is 18.7 Å². The van der Waals surface area contributed by atoms with Crippen molar-refractivity contribution in [1.29, 1.82) is 0 Å². The SMILES string of the molecule is CC(C)(C)OC(=O)NC[C@@H](COc1ccc(Br)nc1)O[Si](C)(C)C(C)(C)C. The van der Waals surface area contributed by atoms with Crippen LogP contribution in [0.15, 0.2) is 22.9 Å². The molecule has 1 amide bonds. The topological polar surface area (TPSA) is 69.7 Å². The van der Waals surface area contributed by atoms with Gasteiger partial charge in [0.05, 0.1) is 12.3 Å². The van der Waals surface area contributed by atoms with Gasteiger partial charge in [-0.15, -0.1) is 0 Å². The molecule has 1 aromatic rings. The third kappa shape index (κ3) is 9.07. The van der Waals surface area contributed by atoms with Crippen LogP contribution in [0.1, 0.15) is 41.5 Å². The molecule has 0 unspecified atom stereocenters. The van der Waals surface area contributed by atoms with Gasteiger partial charge in [-0.25, -0.2) is 9.78 Å². The molecule has 0 aliphatic carbocycles. The van der Waals surface area contributed by atoms with Crippen LogP contribution in [-0.2, 0) is 9.16 Å². The molecule has 1 N–H and O–H groups in total. The van der Waals surface area contributed by atoms with Gasteiger partial charge in [-0.3, -0.25) is 0 Å². The Kier molecular flexibility index (Phi) is 8.31. The van der Waals surface area contributed by atoms with E-state index in [-0.39, 0.29) is 11.1 Å². The molecule has 27 heavy (non-hydrogen) atoms. The monoisotopic (exact) mass is 460 g/mol. The zero-order valence-electron chi connectivity index (χ0n) is 17.7. The second-order valence-electron chi connectivity index (χ2n) is 9.01. The number of ether oxygens (including phenoxy) is 2. The van der Waals surface area contributed by atoms with E-state index in [4.69, 9.17) is 13.9 Å². The molecule has 8 heteroatoms. The number of hydrogen-bond acceptors (Lipinski definition) is 5. The van der Waals surface area contributed by atoms with Crippen LogP contribution in [0.25, 0.3) is 0 Å². The van der Waals surface area contributed by atoms with Crippen molar-refractivity contribution in [2.45, 2.75) is 71.4 Å². The van der Waals surface area contributed by atoms with Crippen LogP contribution in [0.5, 0.6) is 5.75 Å². The first-order valence-electron chi connectivity index (χ1n) is 9.09. The highest BCUT2D eigenvalue weighted by Crippen LogP contribution is 2.37. The molecular formula is C19H33BrN2O4Si. The van der Waals surface area contributed by atoms with Crippen molar-refractivity contribution in [1.82, 2.24) is 10.3 Å². The number of pyridine rings is 1. The largest absolute Gasteiger partial charge is 0.489 e. The standard InChI is InChI=1S/C19H33BrN2O4Si/c1-18(2,3)25-17(23)22-12-15(26-27(7,8)19(4,5)6)13-24-14-9-10-16(20)21-11-14/h9-11,15H,12-13H2,1-8H3,(H,22,23)/t15-/m0/s1. The Hall–Kier alpha value is -1.12. The molecule has 0 aliphatic rings. The molecule has 0 saturated carbocycles. The van der Waals surface area contributed by atoms with Crippen molar-refractivity contribution in [3.05, 3.63) is 22.9 Å². The summed E-state index contributed by atoms with van der Waals surface area (Å²) < 4.78 is 18.3. The number of carbonyl (C=O) groups is 1. The maximum absolute atomic E-state index is 12.0. The average molecular weight is 461 g/mol. The average Bonchev–Trinajstić information content (AvgIpc) is 2.48. The fraction of sp³-hybridized carbons (Fsp3) is 0.684. The normalized spacial score (nSPS) is 13.8. The molecule has 1 atom stereocenters. The zero-order valence-corrected chi connectivity index (χ0v) is 20.3. The Morgan fingerprint density at radius 1 is 1.22 bits per heavy atom. The predicted molar refractivity (Wildman–Crippen MR) is 114 cm³/mol.